The average Bonchev–Trinajstić information content (AvgIpc) is 2.67. The van der Waals surface area contributed by atoms with Crippen LogP contribution in [0.2, 0.25) is 0 Å². The normalized spacial score (nSPS) is 18.6. The van der Waals surface area contributed by atoms with Gasteiger partial charge >= 0.3 is 6.18 Å². The van der Waals surface area contributed by atoms with Crippen LogP contribution in [0.5, 0.6) is 0 Å². The lowest BCUT2D eigenvalue weighted by Crippen LogP contribution is -2.60. The van der Waals surface area contributed by atoms with Crippen molar-refractivity contribution in [3.05, 3.63) is 64.5 Å². The monoisotopic (exact) mass is 433 g/mol. The molecule has 1 heterocycles. The number of halogens is 4. The number of rotatable bonds is 4. The zero-order valence-corrected chi connectivity index (χ0v) is 15.5. The highest BCUT2D eigenvalue weighted by molar-refractivity contribution is 7.89. The van der Waals surface area contributed by atoms with Crippen molar-refractivity contribution < 1.29 is 30.9 Å². The maximum atomic E-state index is 14.0. The van der Waals surface area contributed by atoms with Gasteiger partial charge in [-0.05, 0) is 18.2 Å². The number of benzene rings is 2. The number of sulfonamides is 1. The van der Waals surface area contributed by atoms with E-state index in [1.54, 1.807) is 0 Å². The summed E-state index contributed by atoms with van der Waals surface area (Å²) in [4.78, 5) is 10.5. The first kappa shape index (κ1) is 21.0. The molecule has 2 aromatic rings. The van der Waals surface area contributed by atoms with E-state index in [9.17, 15) is 36.1 Å². The van der Waals surface area contributed by atoms with E-state index >= 15 is 0 Å². The van der Waals surface area contributed by atoms with Crippen LogP contribution in [0.15, 0.2) is 53.4 Å². The summed E-state index contributed by atoms with van der Waals surface area (Å²) < 4.78 is 81.2. The smallest absolute Gasteiger partial charge is 0.366 e. The molecular formula is C17H15F4N3O4S. The molecule has 156 valence electrons. The van der Waals surface area contributed by atoms with Crippen molar-refractivity contribution in [3.63, 3.8) is 0 Å². The van der Waals surface area contributed by atoms with Gasteiger partial charge in [0.15, 0.2) is 4.90 Å². The molecule has 0 aromatic heterocycles. The molecule has 1 aliphatic rings. The highest BCUT2D eigenvalue weighted by atomic mass is 32.2. The number of nitrogens with zero attached hydrogens (tertiary/aromatic N) is 3. The maximum absolute atomic E-state index is 14.0. The summed E-state index contributed by atoms with van der Waals surface area (Å²) in [5.41, 5.74) is -0.894. The van der Waals surface area contributed by atoms with Crippen molar-refractivity contribution in [2.45, 2.75) is 17.1 Å². The van der Waals surface area contributed by atoms with Crippen molar-refractivity contribution in [2.75, 3.05) is 24.5 Å². The number of hydrogen-bond donors (Lipinski definition) is 0. The molecule has 2 aromatic carbocycles. The van der Waals surface area contributed by atoms with Gasteiger partial charge < -0.3 is 4.90 Å². The highest BCUT2D eigenvalue weighted by Gasteiger charge is 2.52. The largest absolute Gasteiger partial charge is 0.406 e. The molecule has 0 aliphatic carbocycles. The summed E-state index contributed by atoms with van der Waals surface area (Å²) >= 11 is 0. The number of piperazine rings is 1. The molecule has 0 spiro atoms. The highest BCUT2D eigenvalue weighted by Crippen LogP contribution is 2.36. The van der Waals surface area contributed by atoms with Crippen LogP contribution < -0.4 is 4.90 Å². The zero-order valence-electron chi connectivity index (χ0n) is 14.7. The van der Waals surface area contributed by atoms with Gasteiger partial charge in [-0.25, -0.2) is 12.8 Å². The van der Waals surface area contributed by atoms with Crippen molar-refractivity contribution in [1.29, 1.82) is 0 Å². The Morgan fingerprint density at radius 3 is 2.28 bits per heavy atom. The summed E-state index contributed by atoms with van der Waals surface area (Å²) in [5, 5.41) is 11.2. The van der Waals surface area contributed by atoms with E-state index in [1.165, 1.54) is 30.3 Å². The molecule has 1 saturated heterocycles. The van der Waals surface area contributed by atoms with E-state index in [1.807, 2.05) is 0 Å². The summed E-state index contributed by atoms with van der Waals surface area (Å²) in [6.45, 7) is -1.68. The van der Waals surface area contributed by atoms with Gasteiger partial charge in [-0.2, -0.15) is 17.5 Å². The van der Waals surface area contributed by atoms with Crippen LogP contribution in [-0.2, 0) is 10.0 Å². The third-order valence-electron chi connectivity index (χ3n) is 4.55. The van der Waals surface area contributed by atoms with Crippen LogP contribution in [0.4, 0.5) is 28.9 Å². The maximum Gasteiger partial charge on any atom is 0.406 e. The lowest BCUT2D eigenvalue weighted by molar-refractivity contribution is -0.387. The summed E-state index contributed by atoms with van der Waals surface area (Å²) in [6.07, 6.45) is -4.97. The number of alkyl halides is 3. The van der Waals surface area contributed by atoms with Gasteiger partial charge in [-0.15, -0.1) is 0 Å². The van der Waals surface area contributed by atoms with Crippen LogP contribution in [0, 0.1) is 15.9 Å². The first-order valence-corrected chi connectivity index (χ1v) is 9.79. The van der Waals surface area contributed by atoms with Gasteiger partial charge in [0.2, 0.25) is 0 Å². The lowest BCUT2D eigenvalue weighted by Gasteiger charge is -2.42. The van der Waals surface area contributed by atoms with Crippen molar-refractivity contribution in [2.24, 2.45) is 0 Å². The number of anilines is 1. The Morgan fingerprint density at radius 2 is 1.66 bits per heavy atom. The zero-order chi connectivity index (χ0) is 21.4. The number of hydrogen-bond acceptors (Lipinski definition) is 5. The van der Waals surface area contributed by atoms with Crippen LogP contribution >= 0.6 is 0 Å². The van der Waals surface area contributed by atoms with Crippen molar-refractivity contribution in [3.8, 4) is 0 Å². The van der Waals surface area contributed by atoms with E-state index in [2.05, 4.69) is 0 Å². The van der Waals surface area contributed by atoms with Gasteiger partial charge in [0.05, 0.1) is 10.6 Å². The Kier molecular flexibility index (Phi) is 5.50. The minimum atomic E-state index is -4.97. The minimum absolute atomic E-state index is 0.0792. The second kappa shape index (κ2) is 7.59. The molecule has 0 N–H and O–H groups in total. The fourth-order valence-electron chi connectivity index (χ4n) is 3.20. The first-order valence-electron chi connectivity index (χ1n) is 8.35. The van der Waals surface area contributed by atoms with Gasteiger partial charge in [0.1, 0.15) is 11.9 Å². The molecular weight excluding hydrogens is 418 g/mol. The molecule has 3 rings (SSSR count). The summed E-state index contributed by atoms with van der Waals surface area (Å²) in [6, 6.07) is 6.94. The number of nitro groups is 1. The second-order valence-corrected chi connectivity index (χ2v) is 8.15. The molecule has 7 nitrogen and oxygen atoms in total. The van der Waals surface area contributed by atoms with E-state index in [-0.39, 0.29) is 16.5 Å². The summed E-state index contributed by atoms with van der Waals surface area (Å²) in [5.74, 6) is -0.733. The van der Waals surface area contributed by atoms with Crippen molar-refractivity contribution >= 4 is 21.4 Å². The molecule has 1 unspecified atom stereocenters. The SMILES string of the molecule is O=[N+]([O-])c1ccccc1S(=O)(=O)N1CCN(c2ccccc2F)CC1C(F)(F)F. The van der Waals surface area contributed by atoms with Crippen LogP contribution in [0.25, 0.3) is 0 Å². The van der Waals surface area contributed by atoms with Crippen LogP contribution in [-0.4, -0.2) is 49.5 Å². The number of para-hydroxylation sites is 2. The Bertz CT molecular complexity index is 1030. The predicted octanol–water partition coefficient (Wildman–Crippen LogP) is 3.18. The molecule has 0 saturated carbocycles. The lowest BCUT2D eigenvalue weighted by atomic mass is 10.1. The van der Waals surface area contributed by atoms with Gasteiger partial charge in [0.25, 0.3) is 15.7 Å². The van der Waals surface area contributed by atoms with E-state index in [0.29, 0.717) is 0 Å². The number of nitro benzene ring substituents is 1. The van der Waals surface area contributed by atoms with Crippen molar-refractivity contribution in [1.82, 2.24) is 4.31 Å². The van der Waals surface area contributed by atoms with Crippen LogP contribution in [0.3, 0.4) is 0 Å². The topological polar surface area (TPSA) is 83.8 Å². The predicted molar refractivity (Wildman–Crippen MR) is 95.4 cm³/mol. The Labute approximate surface area is 163 Å². The standard InChI is InChI=1S/C17H15F4N3O4S/c18-12-5-1-2-6-13(12)22-9-10-23(16(11-22)17(19,20)21)29(27,28)15-8-4-3-7-14(15)24(25)26/h1-8,16H,9-11H2. The average molecular weight is 433 g/mol. The molecule has 1 aliphatic heterocycles. The fraction of sp³-hybridized carbons (Fsp3) is 0.294. The second-order valence-electron chi connectivity index (χ2n) is 6.30. The van der Waals surface area contributed by atoms with Gasteiger partial charge in [0, 0.05) is 25.7 Å². The Morgan fingerprint density at radius 1 is 1.03 bits per heavy atom. The molecule has 29 heavy (non-hydrogen) atoms. The van der Waals surface area contributed by atoms with E-state index < -0.39 is 56.7 Å². The van der Waals surface area contributed by atoms with Gasteiger partial charge in [-0.1, -0.05) is 24.3 Å². The molecule has 0 bridgehead atoms. The molecule has 12 heteroatoms. The molecule has 1 atom stereocenters. The molecule has 0 amide bonds. The van der Waals surface area contributed by atoms with E-state index in [4.69, 9.17) is 0 Å². The molecule has 0 radical (unpaired) electrons. The Balaban J connectivity index is 2.02. The molecule has 1 fully saturated rings. The van der Waals surface area contributed by atoms with Gasteiger partial charge in [-0.3, -0.25) is 10.1 Å². The first-order chi connectivity index (χ1) is 13.5. The third kappa shape index (κ3) is 4.03. The summed E-state index contributed by atoms with van der Waals surface area (Å²) in [7, 11) is -4.83. The minimum Gasteiger partial charge on any atom is -0.366 e. The quantitative estimate of drug-likeness (QED) is 0.420. The third-order valence-corrected chi connectivity index (χ3v) is 6.51. The fourth-order valence-corrected chi connectivity index (χ4v) is 4.95. The van der Waals surface area contributed by atoms with Crippen LogP contribution in [0.1, 0.15) is 0 Å². The Hall–Kier alpha value is -2.73. The van der Waals surface area contributed by atoms with E-state index in [0.717, 1.165) is 23.1 Å².